The van der Waals surface area contributed by atoms with Crippen molar-refractivity contribution in [3.63, 3.8) is 0 Å². The highest BCUT2D eigenvalue weighted by Crippen LogP contribution is 2.06. The van der Waals surface area contributed by atoms with Gasteiger partial charge in [-0.3, -0.25) is 14.7 Å². The second-order valence-electron chi connectivity index (χ2n) is 3.67. The minimum Gasteiger partial charge on any atom is -0.298 e. The van der Waals surface area contributed by atoms with Crippen LogP contribution < -0.4 is 0 Å². The molecule has 1 unspecified atom stereocenters. The molecule has 0 aliphatic heterocycles. The first-order valence-corrected chi connectivity index (χ1v) is 5.29. The summed E-state index contributed by atoms with van der Waals surface area (Å²) >= 11 is 0. The Balaban J connectivity index is 2.66. The average Bonchev–Trinajstić information content (AvgIpc) is 2.26. The van der Waals surface area contributed by atoms with Gasteiger partial charge in [0.15, 0.2) is 0 Å². The van der Waals surface area contributed by atoms with E-state index in [2.05, 4.69) is 16.8 Å². The van der Waals surface area contributed by atoms with Crippen LogP contribution in [0.15, 0.2) is 24.4 Å². The van der Waals surface area contributed by atoms with Crippen molar-refractivity contribution in [3.05, 3.63) is 30.1 Å². The van der Waals surface area contributed by atoms with Gasteiger partial charge in [0.25, 0.3) is 0 Å². The van der Waals surface area contributed by atoms with Crippen LogP contribution in [0.4, 0.5) is 0 Å². The van der Waals surface area contributed by atoms with Crippen LogP contribution in [0.1, 0.15) is 26.5 Å². The van der Waals surface area contributed by atoms with Crippen LogP contribution in [-0.4, -0.2) is 28.3 Å². The maximum Gasteiger partial charge on any atom is 0.146 e. The molecular weight excluding hydrogens is 188 g/mol. The number of ketones is 1. The third kappa shape index (κ3) is 3.44. The van der Waals surface area contributed by atoms with E-state index in [1.165, 1.54) is 0 Å². The Morgan fingerprint density at radius 3 is 2.73 bits per heavy atom. The van der Waals surface area contributed by atoms with Crippen LogP contribution in [0.2, 0.25) is 0 Å². The maximum absolute atomic E-state index is 11.3. The first-order valence-electron chi connectivity index (χ1n) is 5.29. The summed E-state index contributed by atoms with van der Waals surface area (Å²) in [6.07, 6.45) is 1.78. The minimum atomic E-state index is -0.0305. The molecule has 0 saturated carbocycles. The van der Waals surface area contributed by atoms with Gasteiger partial charge >= 0.3 is 0 Å². The Kier molecular flexibility index (Phi) is 4.43. The Bertz CT molecular complexity index is 311. The zero-order valence-electron chi connectivity index (χ0n) is 9.60. The van der Waals surface area contributed by atoms with E-state index in [1.807, 2.05) is 25.1 Å². The number of carbonyl (C=O) groups excluding carboxylic acids is 1. The molecule has 1 aromatic rings. The number of Topliss-reactive ketones (excluding diaryl/α,β-unsaturated/α-hetero) is 1. The Labute approximate surface area is 91.1 Å². The van der Waals surface area contributed by atoms with Crippen LogP contribution in [-0.2, 0) is 11.3 Å². The van der Waals surface area contributed by atoms with Crippen molar-refractivity contribution in [2.24, 2.45) is 0 Å². The number of hydrogen-bond acceptors (Lipinski definition) is 3. The summed E-state index contributed by atoms with van der Waals surface area (Å²) in [5, 5.41) is 0. The lowest BCUT2D eigenvalue weighted by atomic mass is 10.2. The number of carbonyl (C=O) groups is 1. The molecule has 0 bridgehead atoms. The molecule has 0 saturated heterocycles. The van der Waals surface area contributed by atoms with Crippen LogP contribution >= 0.6 is 0 Å². The lowest BCUT2D eigenvalue weighted by Crippen LogP contribution is -2.37. The van der Waals surface area contributed by atoms with Gasteiger partial charge in [-0.2, -0.15) is 0 Å². The van der Waals surface area contributed by atoms with Crippen molar-refractivity contribution in [1.82, 2.24) is 9.88 Å². The van der Waals surface area contributed by atoms with E-state index in [0.717, 1.165) is 18.8 Å². The van der Waals surface area contributed by atoms with Crippen molar-refractivity contribution in [1.29, 1.82) is 0 Å². The molecule has 1 atom stereocenters. The van der Waals surface area contributed by atoms with Crippen molar-refractivity contribution in [3.8, 4) is 0 Å². The summed E-state index contributed by atoms with van der Waals surface area (Å²) in [5.74, 6) is 0.202. The number of rotatable bonds is 5. The molecule has 0 aliphatic rings. The number of likely N-dealkylation sites (N-methyl/N-ethyl adjacent to an activating group) is 1. The van der Waals surface area contributed by atoms with Gasteiger partial charge in [0, 0.05) is 12.7 Å². The molecule has 0 N–H and O–H groups in total. The van der Waals surface area contributed by atoms with Crippen molar-refractivity contribution < 1.29 is 4.79 Å². The summed E-state index contributed by atoms with van der Waals surface area (Å²) in [6, 6.07) is 5.81. The molecule has 3 nitrogen and oxygen atoms in total. The van der Waals surface area contributed by atoms with Crippen LogP contribution in [0.25, 0.3) is 0 Å². The van der Waals surface area contributed by atoms with E-state index < -0.39 is 0 Å². The molecule has 0 spiro atoms. The molecule has 0 aromatic carbocycles. The molecule has 1 aromatic heterocycles. The first kappa shape index (κ1) is 11.9. The summed E-state index contributed by atoms with van der Waals surface area (Å²) in [4.78, 5) is 17.6. The number of nitrogens with zero attached hydrogens (tertiary/aromatic N) is 2. The monoisotopic (exact) mass is 206 g/mol. The molecule has 82 valence electrons. The molecule has 15 heavy (non-hydrogen) atoms. The highest BCUT2D eigenvalue weighted by atomic mass is 16.1. The van der Waals surface area contributed by atoms with Gasteiger partial charge in [-0.1, -0.05) is 13.0 Å². The summed E-state index contributed by atoms with van der Waals surface area (Å²) in [7, 11) is 0. The van der Waals surface area contributed by atoms with Crippen LogP contribution in [0.5, 0.6) is 0 Å². The predicted molar refractivity (Wildman–Crippen MR) is 60.5 cm³/mol. The topological polar surface area (TPSA) is 33.2 Å². The van der Waals surface area contributed by atoms with Gasteiger partial charge in [-0.15, -0.1) is 0 Å². The summed E-state index contributed by atoms with van der Waals surface area (Å²) in [5.41, 5.74) is 1.01. The van der Waals surface area contributed by atoms with Gasteiger partial charge in [-0.05, 0) is 32.5 Å². The van der Waals surface area contributed by atoms with Crippen LogP contribution in [0, 0.1) is 0 Å². The SMILES string of the molecule is CCN(Cc1ccccn1)C(C)C(C)=O. The number of pyridine rings is 1. The Hall–Kier alpha value is -1.22. The fourth-order valence-electron chi connectivity index (χ4n) is 1.48. The normalized spacial score (nSPS) is 12.8. The van der Waals surface area contributed by atoms with E-state index in [-0.39, 0.29) is 11.8 Å². The van der Waals surface area contributed by atoms with Crippen molar-refractivity contribution in [2.45, 2.75) is 33.4 Å². The maximum atomic E-state index is 11.3. The number of aromatic nitrogens is 1. The molecule has 0 fully saturated rings. The highest BCUT2D eigenvalue weighted by molar-refractivity contribution is 5.80. The van der Waals surface area contributed by atoms with Gasteiger partial charge in [-0.25, -0.2) is 0 Å². The third-order valence-electron chi connectivity index (χ3n) is 2.63. The molecule has 1 heterocycles. The largest absolute Gasteiger partial charge is 0.298 e. The highest BCUT2D eigenvalue weighted by Gasteiger charge is 2.16. The minimum absolute atomic E-state index is 0.0305. The van der Waals surface area contributed by atoms with E-state index in [9.17, 15) is 4.79 Å². The van der Waals surface area contributed by atoms with E-state index in [1.54, 1.807) is 13.1 Å². The van der Waals surface area contributed by atoms with Gasteiger partial charge in [0.05, 0.1) is 11.7 Å². The molecule has 0 amide bonds. The summed E-state index contributed by atoms with van der Waals surface area (Å²) < 4.78 is 0. The van der Waals surface area contributed by atoms with Gasteiger partial charge in [0.1, 0.15) is 5.78 Å². The molecular formula is C12H18N2O. The molecule has 0 radical (unpaired) electrons. The third-order valence-corrected chi connectivity index (χ3v) is 2.63. The average molecular weight is 206 g/mol. The van der Waals surface area contributed by atoms with E-state index in [4.69, 9.17) is 0 Å². The van der Waals surface area contributed by atoms with Gasteiger partial charge in [0.2, 0.25) is 0 Å². The quantitative estimate of drug-likeness (QED) is 0.737. The second-order valence-corrected chi connectivity index (χ2v) is 3.67. The predicted octanol–water partition coefficient (Wildman–Crippen LogP) is 1.88. The Morgan fingerprint density at radius 1 is 1.53 bits per heavy atom. The van der Waals surface area contributed by atoms with Gasteiger partial charge < -0.3 is 0 Å². The first-order chi connectivity index (χ1) is 7.15. The standard InChI is InChI=1S/C12H18N2O/c1-4-14(10(2)11(3)15)9-12-7-5-6-8-13-12/h5-8,10H,4,9H2,1-3H3. The lowest BCUT2D eigenvalue weighted by Gasteiger charge is -2.25. The lowest BCUT2D eigenvalue weighted by molar-refractivity contribution is -0.121. The fourth-order valence-corrected chi connectivity index (χ4v) is 1.48. The Morgan fingerprint density at radius 2 is 2.27 bits per heavy atom. The summed E-state index contributed by atoms with van der Waals surface area (Å²) in [6.45, 7) is 7.22. The second kappa shape index (κ2) is 5.61. The van der Waals surface area contributed by atoms with Crippen LogP contribution in [0.3, 0.4) is 0 Å². The molecule has 3 heteroatoms. The van der Waals surface area contributed by atoms with Crippen molar-refractivity contribution >= 4 is 5.78 Å². The van der Waals surface area contributed by atoms with E-state index >= 15 is 0 Å². The zero-order valence-corrected chi connectivity index (χ0v) is 9.60. The molecule has 0 aliphatic carbocycles. The fraction of sp³-hybridized carbons (Fsp3) is 0.500. The molecule has 1 rings (SSSR count). The van der Waals surface area contributed by atoms with E-state index in [0.29, 0.717) is 0 Å². The van der Waals surface area contributed by atoms with Crippen molar-refractivity contribution in [2.75, 3.05) is 6.54 Å². The number of hydrogen-bond donors (Lipinski definition) is 0. The zero-order chi connectivity index (χ0) is 11.3. The smallest absolute Gasteiger partial charge is 0.146 e.